The number of phenols is 1. The second-order valence-corrected chi connectivity index (χ2v) is 12.1. The van der Waals surface area contributed by atoms with Crippen molar-refractivity contribution in [2.45, 2.75) is 56.4 Å². The summed E-state index contributed by atoms with van der Waals surface area (Å²) in [6, 6.07) is 18.6. The van der Waals surface area contributed by atoms with Crippen LogP contribution in [-0.4, -0.2) is 83.1 Å². The van der Waals surface area contributed by atoms with Crippen LogP contribution in [0.2, 0.25) is 0 Å². The number of phenolic OH excluding ortho intramolecular Hbond substituents is 1. The fourth-order valence-corrected chi connectivity index (χ4v) is 4.87. The molecule has 16 heteroatoms. The maximum atomic E-state index is 13.3. The quantitative estimate of drug-likeness (QED) is 0.0590. The van der Waals surface area contributed by atoms with Crippen LogP contribution in [0, 0.1) is 0 Å². The first-order valence-electron chi connectivity index (χ1n) is 16.1. The summed E-state index contributed by atoms with van der Waals surface area (Å²) in [6.45, 7) is 0.895. The van der Waals surface area contributed by atoms with Crippen molar-refractivity contribution < 1.29 is 33.9 Å². The van der Waals surface area contributed by atoms with Crippen molar-refractivity contribution in [3.8, 4) is 5.75 Å². The summed E-state index contributed by atoms with van der Waals surface area (Å²) >= 11 is 4.03. The van der Waals surface area contributed by atoms with Gasteiger partial charge in [0.1, 0.15) is 23.9 Å². The number of hydrogen-bond acceptors (Lipinski definition) is 10. The van der Waals surface area contributed by atoms with Crippen LogP contribution in [0.25, 0.3) is 0 Å². The Morgan fingerprint density at radius 2 is 1.08 bits per heavy atom. The number of benzene rings is 3. The largest absolute Gasteiger partial charge is 0.508 e. The molecule has 0 bridgehead atoms. The molecule has 11 N–H and O–H groups in total. The van der Waals surface area contributed by atoms with Crippen LogP contribution in [0.1, 0.15) is 23.6 Å². The van der Waals surface area contributed by atoms with E-state index >= 15 is 0 Å². The second kappa shape index (κ2) is 20.3. The highest BCUT2D eigenvalue weighted by Gasteiger charge is 2.27. The number of carbonyl (C=O) groups is 6. The predicted molar refractivity (Wildman–Crippen MR) is 193 cm³/mol. The molecule has 0 aromatic heterocycles. The number of hydrazine groups is 1. The third-order valence-electron chi connectivity index (χ3n) is 7.60. The first-order valence-corrected chi connectivity index (χ1v) is 16.7. The van der Waals surface area contributed by atoms with Crippen LogP contribution < -0.4 is 43.6 Å². The van der Waals surface area contributed by atoms with Gasteiger partial charge in [-0.25, -0.2) is 0 Å². The molecule has 15 nitrogen and oxygen atoms in total. The van der Waals surface area contributed by atoms with Gasteiger partial charge >= 0.3 is 0 Å². The second-order valence-electron chi connectivity index (χ2n) is 11.8. The van der Waals surface area contributed by atoms with E-state index in [0.717, 1.165) is 5.56 Å². The average molecular weight is 721 g/mol. The molecule has 0 aliphatic carbocycles. The molecule has 0 heterocycles. The summed E-state index contributed by atoms with van der Waals surface area (Å²) in [6.07, 6.45) is 0.302. The van der Waals surface area contributed by atoms with E-state index in [0.29, 0.717) is 11.1 Å². The molecule has 1 unspecified atom stereocenters. The van der Waals surface area contributed by atoms with Crippen molar-refractivity contribution in [3.05, 3.63) is 102 Å². The summed E-state index contributed by atoms with van der Waals surface area (Å²) in [5, 5.41) is 19.5. The molecule has 0 aliphatic rings. The van der Waals surface area contributed by atoms with Crippen molar-refractivity contribution in [1.82, 2.24) is 32.1 Å². The zero-order valence-electron chi connectivity index (χ0n) is 28.0. The highest BCUT2D eigenvalue weighted by Crippen LogP contribution is 2.11. The molecule has 5 atom stereocenters. The van der Waals surface area contributed by atoms with E-state index in [-0.39, 0.29) is 30.8 Å². The highest BCUT2D eigenvalue weighted by atomic mass is 32.1. The van der Waals surface area contributed by atoms with Gasteiger partial charge in [-0.3, -0.25) is 39.6 Å². The molecular weight excluding hydrogens is 677 g/mol. The Labute approximate surface area is 301 Å². The lowest BCUT2D eigenvalue weighted by Crippen LogP contribution is -2.59. The first kappa shape index (κ1) is 40.0. The number of nitrogens with one attached hydrogen (secondary N) is 6. The van der Waals surface area contributed by atoms with Crippen molar-refractivity contribution in [2.24, 2.45) is 11.5 Å². The molecule has 0 fully saturated rings. The van der Waals surface area contributed by atoms with E-state index in [2.05, 4.69) is 44.7 Å². The summed E-state index contributed by atoms with van der Waals surface area (Å²) in [7, 11) is 0. The Morgan fingerprint density at radius 1 is 0.608 bits per heavy atom. The fraction of sp³-hybridized carbons (Fsp3) is 0.314. The molecule has 272 valence electrons. The maximum absolute atomic E-state index is 13.3. The number of hydrogen-bond donors (Lipinski definition) is 10. The molecule has 0 saturated heterocycles. The normalized spacial score (nSPS) is 13.6. The fourth-order valence-electron chi connectivity index (χ4n) is 4.71. The molecule has 3 rings (SSSR count). The monoisotopic (exact) mass is 720 g/mol. The van der Waals surface area contributed by atoms with Gasteiger partial charge in [-0.05, 0) is 42.2 Å². The van der Waals surface area contributed by atoms with Crippen molar-refractivity contribution in [1.29, 1.82) is 0 Å². The van der Waals surface area contributed by atoms with Gasteiger partial charge in [-0.1, -0.05) is 72.8 Å². The molecule has 0 spiro atoms. The minimum absolute atomic E-state index is 0.0363. The lowest BCUT2D eigenvalue weighted by Gasteiger charge is -2.23. The Hall–Kier alpha value is -5.45. The van der Waals surface area contributed by atoms with E-state index in [1.165, 1.54) is 19.1 Å². The first-order chi connectivity index (χ1) is 24.4. The molecule has 3 aromatic rings. The molecule has 51 heavy (non-hydrogen) atoms. The third kappa shape index (κ3) is 13.8. The van der Waals surface area contributed by atoms with Gasteiger partial charge < -0.3 is 37.8 Å². The summed E-state index contributed by atoms with van der Waals surface area (Å²) in [5.41, 5.74) is 18.5. The molecule has 3 aromatic carbocycles. The van der Waals surface area contributed by atoms with Crippen LogP contribution >= 0.6 is 12.6 Å². The predicted octanol–water partition coefficient (Wildman–Crippen LogP) is -1.26. The van der Waals surface area contributed by atoms with Crippen molar-refractivity contribution >= 4 is 48.1 Å². The van der Waals surface area contributed by atoms with E-state index in [1.54, 1.807) is 72.8 Å². The Balaban J connectivity index is 1.58. The smallest absolute Gasteiger partial charge is 0.261 e. The molecule has 0 radical (unpaired) electrons. The van der Waals surface area contributed by atoms with Crippen LogP contribution in [0.15, 0.2) is 84.9 Å². The van der Waals surface area contributed by atoms with Gasteiger partial charge in [0, 0.05) is 18.6 Å². The van der Waals surface area contributed by atoms with E-state index < -0.39 is 72.2 Å². The summed E-state index contributed by atoms with van der Waals surface area (Å²) in [4.78, 5) is 77.1. The molecule has 0 aliphatic heterocycles. The van der Waals surface area contributed by atoms with Crippen LogP contribution in [-0.2, 0) is 48.0 Å². The third-order valence-corrected chi connectivity index (χ3v) is 7.99. The maximum Gasteiger partial charge on any atom is 0.261 e. The Kier molecular flexibility index (Phi) is 15.9. The van der Waals surface area contributed by atoms with Crippen LogP contribution in [0.4, 0.5) is 0 Å². The van der Waals surface area contributed by atoms with Gasteiger partial charge in [-0.2, -0.15) is 12.6 Å². The number of carbonyl (C=O) groups excluding carboxylic acids is 6. The van der Waals surface area contributed by atoms with Crippen molar-refractivity contribution in [2.75, 3.05) is 12.3 Å². The van der Waals surface area contributed by atoms with Crippen molar-refractivity contribution in [3.63, 3.8) is 0 Å². The average Bonchev–Trinajstić information content (AvgIpc) is 3.13. The Morgan fingerprint density at radius 3 is 1.59 bits per heavy atom. The molecule has 6 amide bonds. The minimum Gasteiger partial charge on any atom is -0.508 e. The number of nitrogens with two attached hydrogens (primary N) is 2. The topological polar surface area (TPSA) is 247 Å². The number of rotatable bonds is 17. The lowest BCUT2D eigenvalue weighted by molar-refractivity contribution is -0.134. The van der Waals surface area contributed by atoms with Crippen LogP contribution in [0.3, 0.4) is 0 Å². The summed E-state index contributed by atoms with van der Waals surface area (Å²) < 4.78 is 0. The van der Waals surface area contributed by atoms with E-state index in [1.807, 2.05) is 0 Å². The van der Waals surface area contributed by atoms with Gasteiger partial charge in [0.05, 0.1) is 18.6 Å². The SMILES string of the molecule is C[C@@H](NC(=O)[C@@H](N)Cc1ccc(O)cc1)C(=O)NCC(=O)N[C@@H](Cc1ccccc1)C(=O)NNC(=O)[C@@H](Cc1ccccc1)NC(=O)C(N)CS. The zero-order chi connectivity index (χ0) is 37.3. The number of amides is 6. The standard InChI is InChI=1S/C35H44N8O7S/c1-21(39-32(47)26(36)16-24-12-14-25(44)15-13-24)31(46)38-19-30(45)40-28(17-22-8-4-2-5-9-22)34(49)42-43-35(50)29(41-33(48)27(37)20-51)18-23-10-6-3-7-11-23/h2-15,21,26-29,44,51H,16-20,36-37H2,1H3,(H,38,46)(H,39,47)(H,40,45)(H,41,48)(H,42,49)(H,43,50)/t21-,26+,27?,28+,29-/m1/s1. The lowest BCUT2D eigenvalue weighted by atomic mass is 10.0. The van der Waals surface area contributed by atoms with Gasteiger partial charge in [0.15, 0.2) is 0 Å². The molecular formula is C35H44N8O7S. The number of aromatic hydroxyl groups is 1. The summed E-state index contributed by atoms with van der Waals surface area (Å²) in [5.74, 6) is -3.96. The Bertz CT molecular complexity index is 1630. The minimum atomic E-state index is -1.19. The highest BCUT2D eigenvalue weighted by molar-refractivity contribution is 7.80. The zero-order valence-corrected chi connectivity index (χ0v) is 28.9. The molecule has 0 saturated carbocycles. The van der Waals surface area contributed by atoms with Gasteiger partial charge in [0.25, 0.3) is 11.8 Å². The van der Waals surface area contributed by atoms with Gasteiger partial charge in [0.2, 0.25) is 23.6 Å². The van der Waals surface area contributed by atoms with E-state index in [4.69, 9.17) is 11.5 Å². The van der Waals surface area contributed by atoms with Crippen LogP contribution in [0.5, 0.6) is 5.75 Å². The number of thiol groups is 1. The van der Waals surface area contributed by atoms with Gasteiger partial charge in [-0.15, -0.1) is 0 Å². The van der Waals surface area contributed by atoms with E-state index in [9.17, 15) is 33.9 Å².